The normalized spacial score (nSPS) is 13.1. The van der Waals surface area contributed by atoms with E-state index in [1.807, 2.05) is 6.92 Å². The topological polar surface area (TPSA) is 101 Å². The van der Waals surface area contributed by atoms with E-state index in [4.69, 9.17) is 5.14 Å². The molecule has 0 heterocycles. The van der Waals surface area contributed by atoms with Crippen LogP contribution in [0.1, 0.15) is 22.8 Å². The number of carbonyl (C=O) groups excluding carboxylic acids is 1. The highest BCUT2D eigenvalue weighted by Gasteiger charge is 2.19. The van der Waals surface area contributed by atoms with Gasteiger partial charge in [0.05, 0.1) is 4.90 Å². The van der Waals surface area contributed by atoms with E-state index >= 15 is 0 Å². The number of nitrogens with two attached hydrogens (primary N) is 1. The number of likely N-dealkylation sites (N-methyl/N-ethyl adjacent to an activating group) is 1. The zero-order valence-electron chi connectivity index (χ0n) is 11.5. The molecule has 0 spiro atoms. The molecule has 0 saturated carbocycles. The number of hydrogen-bond acceptors (Lipinski definition) is 4. The van der Waals surface area contributed by atoms with Gasteiger partial charge < -0.3 is 10.6 Å². The van der Waals surface area contributed by atoms with Gasteiger partial charge in [-0.2, -0.15) is 0 Å². The number of primary sulfonamides is 1. The van der Waals surface area contributed by atoms with E-state index in [9.17, 15) is 13.2 Å². The SMILES string of the molecule is CNC(C)CNC(=O)c1cc(Br)cc(S(N)(=O)=O)c1C. The predicted molar refractivity (Wildman–Crippen MR) is 81.1 cm³/mol. The van der Waals surface area contributed by atoms with Gasteiger partial charge in [0.25, 0.3) is 5.91 Å². The number of halogens is 1. The Bertz CT molecular complexity index is 617. The molecule has 1 amide bonds. The Morgan fingerprint density at radius 3 is 2.55 bits per heavy atom. The quantitative estimate of drug-likeness (QED) is 0.717. The lowest BCUT2D eigenvalue weighted by molar-refractivity contribution is 0.0949. The van der Waals surface area contributed by atoms with Gasteiger partial charge in [0.15, 0.2) is 0 Å². The lowest BCUT2D eigenvalue weighted by Gasteiger charge is -2.14. The van der Waals surface area contributed by atoms with Crippen molar-refractivity contribution >= 4 is 31.9 Å². The van der Waals surface area contributed by atoms with E-state index in [1.165, 1.54) is 6.07 Å². The first-order chi connectivity index (χ1) is 9.16. The van der Waals surface area contributed by atoms with Crippen LogP contribution in [0.4, 0.5) is 0 Å². The smallest absolute Gasteiger partial charge is 0.251 e. The highest BCUT2D eigenvalue weighted by Crippen LogP contribution is 2.23. The standard InChI is InChI=1S/C12H18BrN3O3S/c1-7(15-3)6-16-12(17)10-4-9(13)5-11(8(10)2)20(14,18)19/h4-5,7,15H,6H2,1-3H3,(H,16,17)(H2,14,18,19). The van der Waals surface area contributed by atoms with Crippen molar-refractivity contribution in [2.45, 2.75) is 24.8 Å². The number of amides is 1. The molecule has 1 aromatic rings. The summed E-state index contributed by atoms with van der Waals surface area (Å²) < 4.78 is 23.5. The summed E-state index contributed by atoms with van der Waals surface area (Å²) in [5, 5.41) is 10.9. The third-order valence-electron chi connectivity index (χ3n) is 2.94. The first-order valence-electron chi connectivity index (χ1n) is 5.95. The lowest BCUT2D eigenvalue weighted by Crippen LogP contribution is -2.37. The fourth-order valence-corrected chi connectivity index (χ4v) is 3.07. The minimum atomic E-state index is -3.87. The summed E-state index contributed by atoms with van der Waals surface area (Å²) in [5.41, 5.74) is 0.622. The molecule has 0 aliphatic carbocycles. The molecule has 8 heteroatoms. The van der Waals surface area contributed by atoms with Gasteiger partial charge in [-0.3, -0.25) is 4.79 Å². The Morgan fingerprint density at radius 1 is 1.45 bits per heavy atom. The van der Waals surface area contributed by atoms with Crippen LogP contribution in [0.5, 0.6) is 0 Å². The molecule has 0 aliphatic rings. The summed E-state index contributed by atoms with van der Waals surface area (Å²) in [6, 6.07) is 3.07. The lowest BCUT2D eigenvalue weighted by atomic mass is 10.1. The van der Waals surface area contributed by atoms with Crippen LogP contribution in [0, 0.1) is 6.92 Å². The van der Waals surface area contributed by atoms with Crippen molar-refractivity contribution in [3.05, 3.63) is 27.7 Å². The number of carbonyl (C=O) groups is 1. The van der Waals surface area contributed by atoms with Crippen molar-refractivity contribution in [3.63, 3.8) is 0 Å². The Kier molecular flexibility index (Phi) is 5.69. The molecule has 0 aliphatic heterocycles. The van der Waals surface area contributed by atoms with E-state index < -0.39 is 10.0 Å². The Hall–Kier alpha value is -0.960. The van der Waals surface area contributed by atoms with Crippen LogP contribution >= 0.6 is 15.9 Å². The molecule has 0 aromatic heterocycles. The predicted octanol–water partition coefficient (Wildman–Crippen LogP) is 0.743. The number of benzene rings is 1. The summed E-state index contributed by atoms with van der Waals surface area (Å²) in [4.78, 5) is 12.1. The van der Waals surface area contributed by atoms with Crippen molar-refractivity contribution in [1.82, 2.24) is 10.6 Å². The number of sulfonamides is 1. The molecular formula is C12H18BrN3O3S. The Balaban J connectivity index is 3.13. The molecular weight excluding hydrogens is 346 g/mol. The minimum Gasteiger partial charge on any atom is -0.350 e. The first-order valence-corrected chi connectivity index (χ1v) is 8.29. The molecule has 0 fully saturated rings. The molecule has 112 valence electrons. The summed E-state index contributed by atoms with van der Waals surface area (Å²) >= 11 is 3.19. The van der Waals surface area contributed by atoms with Gasteiger partial charge in [-0.1, -0.05) is 15.9 Å². The maximum absolute atomic E-state index is 12.1. The van der Waals surface area contributed by atoms with E-state index in [-0.39, 0.29) is 22.4 Å². The summed E-state index contributed by atoms with van der Waals surface area (Å²) in [6.07, 6.45) is 0. The molecule has 20 heavy (non-hydrogen) atoms. The van der Waals surface area contributed by atoms with Crippen molar-refractivity contribution in [2.75, 3.05) is 13.6 Å². The maximum atomic E-state index is 12.1. The second kappa shape index (κ2) is 6.66. The fourth-order valence-electron chi connectivity index (χ4n) is 1.63. The Morgan fingerprint density at radius 2 is 2.05 bits per heavy atom. The fraction of sp³-hybridized carbons (Fsp3) is 0.417. The van der Waals surface area contributed by atoms with E-state index in [0.29, 0.717) is 16.6 Å². The second-order valence-corrected chi connectivity index (χ2v) is 6.97. The van der Waals surface area contributed by atoms with Gasteiger partial charge in [0.2, 0.25) is 10.0 Å². The van der Waals surface area contributed by atoms with Gasteiger partial charge >= 0.3 is 0 Å². The van der Waals surface area contributed by atoms with Crippen LogP contribution in [0.3, 0.4) is 0 Å². The average molecular weight is 364 g/mol. The molecule has 1 atom stereocenters. The third-order valence-corrected chi connectivity index (χ3v) is 4.43. The van der Waals surface area contributed by atoms with E-state index in [1.54, 1.807) is 20.0 Å². The number of nitrogens with one attached hydrogen (secondary N) is 2. The summed E-state index contributed by atoms with van der Waals surface area (Å²) in [6.45, 7) is 3.92. The van der Waals surface area contributed by atoms with Crippen LogP contribution in [-0.2, 0) is 10.0 Å². The molecule has 4 N–H and O–H groups in total. The van der Waals surface area contributed by atoms with Crippen molar-refractivity contribution in [2.24, 2.45) is 5.14 Å². The van der Waals surface area contributed by atoms with Gasteiger partial charge in [-0.05, 0) is 38.6 Å². The Labute approximate surface area is 127 Å². The van der Waals surface area contributed by atoms with E-state index in [2.05, 4.69) is 26.6 Å². The zero-order chi connectivity index (χ0) is 15.5. The number of hydrogen-bond donors (Lipinski definition) is 3. The molecule has 6 nitrogen and oxygen atoms in total. The van der Waals surface area contributed by atoms with Gasteiger partial charge in [0.1, 0.15) is 0 Å². The largest absolute Gasteiger partial charge is 0.350 e. The first kappa shape index (κ1) is 17.1. The van der Waals surface area contributed by atoms with Crippen LogP contribution in [0.15, 0.2) is 21.5 Å². The molecule has 1 aromatic carbocycles. The van der Waals surface area contributed by atoms with Crippen LogP contribution in [0.2, 0.25) is 0 Å². The molecule has 0 radical (unpaired) electrons. The second-order valence-electron chi connectivity index (χ2n) is 4.52. The third kappa shape index (κ3) is 4.27. The molecule has 1 rings (SSSR count). The van der Waals surface area contributed by atoms with Crippen molar-refractivity contribution < 1.29 is 13.2 Å². The highest BCUT2D eigenvalue weighted by atomic mass is 79.9. The summed E-state index contributed by atoms with van der Waals surface area (Å²) in [5.74, 6) is -0.337. The highest BCUT2D eigenvalue weighted by molar-refractivity contribution is 9.10. The van der Waals surface area contributed by atoms with Crippen molar-refractivity contribution in [3.8, 4) is 0 Å². The van der Waals surface area contributed by atoms with Gasteiger partial charge in [0, 0.05) is 22.6 Å². The molecule has 1 unspecified atom stereocenters. The van der Waals surface area contributed by atoms with Crippen LogP contribution in [-0.4, -0.2) is 34.0 Å². The van der Waals surface area contributed by atoms with Gasteiger partial charge in [-0.15, -0.1) is 0 Å². The van der Waals surface area contributed by atoms with Crippen LogP contribution < -0.4 is 15.8 Å². The molecule has 0 saturated heterocycles. The van der Waals surface area contributed by atoms with E-state index in [0.717, 1.165) is 0 Å². The molecule has 0 bridgehead atoms. The summed E-state index contributed by atoms with van der Waals surface area (Å²) in [7, 11) is -2.08. The number of rotatable bonds is 5. The maximum Gasteiger partial charge on any atom is 0.251 e. The average Bonchev–Trinajstić information content (AvgIpc) is 2.36. The van der Waals surface area contributed by atoms with Gasteiger partial charge in [-0.25, -0.2) is 13.6 Å². The zero-order valence-corrected chi connectivity index (χ0v) is 13.9. The minimum absolute atomic E-state index is 0.0568. The monoisotopic (exact) mass is 363 g/mol. The van der Waals surface area contributed by atoms with Crippen molar-refractivity contribution in [1.29, 1.82) is 0 Å². The van der Waals surface area contributed by atoms with Crippen LogP contribution in [0.25, 0.3) is 0 Å².